The molecule has 8 nitrogen and oxygen atoms in total. The molecule has 2 rings (SSSR count). The molecule has 0 atom stereocenters. The van der Waals surface area contributed by atoms with Gasteiger partial charge >= 0.3 is 6.09 Å². The smallest absolute Gasteiger partial charge is 0.409 e. The Balaban J connectivity index is 1.73. The summed E-state index contributed by atoms with van der Waals surface area (Å²) in [5.74, 6) is 0.986. The van der Waals surface area contributed by atoms with Crippen LogP contribution in [0.25, 0.3) is 0 Å². The maximum absolute atomic E-state index is 11.8. The molecule has 1 saturated heterocycles. The van der Waals surface area contributed by atoms with Gasteiger partial charge in [0.25, 0.3) is 0 Å². The van der Waals surface area contributed by atoms with Gasteiger partial charge in [-0.2, -0.15) is 0 Å². The maximum atomic E-state index is 11.8. The number of piperazine rings is 1. The molecule has 0 radical (unpaired) electrons. The Morgan fingerprint density at radius 2 is 1.80 bits per heavy atom. The van der Waals surface area contributed by atoms with Crippen molar-refractivity contribution in [3.05, 3.63) is 0 Å². The fourth-order valence-corrected chi connectivity index (χ4v) is 2.69. The third-order valence-electron chi connectivity index (χ3n) is 4.21. The van der Waals surface area contributed by atoms with E-state index >= 15 is 0 Å². The molecule has 2 aliphatic rings. The largest absolute Gasteiger partial charge is 0.450 e. The third-order valence-corrected chi connectivity index (χ3v) is 4.21. The number of carbonyl (C=O) groups is 2. The molecule has 0 unspecified atom stereocenters. The van der Waals surface area contributed by atoms with Crippen molar-refractivity contribution in [1.29, 1.82) is 0 Å². The molecule has 8 heteroatoms. The Hall–Kier alpha value is -1.99. The lowest BCUT2D eigenvalue weighted by Crippen LogP contribution is -2.53. The first-order valence-corrected chi connectivity index (χ1v) is 9.38. The van der Waals surface area contributed by atoms with Gasteiger partial charge in [-0.25, -0.2) is 4.79 Å². The van der Waals surface area contributed by atoms with Gasteiger partial charge in [-0.3, -0.25) is 9.79 Å². The highest BCUT2D eigenvalue weighted by molar-refractivity contribution is 5.80. The maximum Gasteiger partial charge on any atom is 0.409 e. The number of nitrogens with zero attached hydrogens (tertiary/aromatic N) is 3. The standard InChI is InChI=1S/C17H31N5O3/c1-3-18-16(19-9-5-6-15(23)20-14-7-8-14)21-10-12-22(13-11-21)17(24)25-4-2/h14H,3-13H2,1-2H3,(H,18,19)(H,20,23). The minimum Gasteiger partial charge on any atom is -0.450 e. The van der Waals surface area contributed by atoms with Crippen LogP contribution in [-0.4, -0.2) is 79.7 Å². The van der Waals surface area contributed by atoms with E-state index in [-0.39, 0.29) is 12.0 Å². The van der Waals surface area contributed by atoms with E-state index in [1.54, 1.807) is 4.90 Å². The van der Waals surface area contributed by atoms with Crippen LogP contribution in [0.4, 0.5) is 4.79 Å². The number of nitrogens with one attached hydrogen (secondary N) is 2. The molecule has 2 N–H and O–H groups in total. The number of guanidine groups is 1. The summed E-state index contributed by atoms with van der Waals surface area (Å²) in [6.45, 7) is 8.39. The van der Waals surface area contributed by atoms with E-state index in [9.17, 15) is 9.59 Å². The molecule has 0 aromatic rings. The van der Waals surface area contributed by atoms with E-state index in [0.29, 0.717) is 38.7 Å². The van der Waals surface area contributed by atoms with Gasteiger partial charge in [0.05, 0.1) is 6.61 Å². The van der Waals surface area contributed by atoms with Crippen LogP contribution < -0.4 is 10.6 Å². The molecule has 2 fully saturated rings. The Labute approximate surface area is 150 Å². The summed E-state index contributed by atoms with van der Waals surface area (Å²) in [5, 5.41) is 6.29. The Bertz CT molecular complexity index is 471. The summed E-state index contributed by atoms with van der Waals surface area (Å²) in [5.41, 5.74) is 0. The van der Waals surface area contributed by atoms with Gasteiger partial charge in [0, 0.05) is 51.7 Å². The van der Waals surface area contributed by atoms with Crippen molar-refractivity contribution in [2.45, 2.75) is 45.6 Å². The van der Waals surface area contributed by atoms with Crippen LogP contribution in [0.15, 0.2) is 4.99 Å². The summed E-state index contributed by atoms with van der Waals surface area (Å²) in [6.07, 6.45) is 3.26. The summed E-state index contributed by atoms with van der Waals surface area (Å²) in [6, 6.07) is 0.420. The highest BCUT2D eigenvalue weighted by Crippen LogP contribution is 2.18. The normalized spacial score (nSPS) is 18.1. The lowest BCUT2D eigenvalue weighted by atomic mass is 10.3. The zero-order chi connectivity index (χ0) is 18.1. The first-order chi connectivity index (χ1) is 12.1. The Morgan fingerprint density at radius 3 is 2.40 bits per heavy atom. The van der Waals surface area contributed by atoms with Gasteiger partial charge in [0.1, 0.15) is 0 Å². The van der Waals surface area contributed by atoms with Gasteiger partial charge < -0.3 is 25.2 Å². The molecule has 0 aromatic heterocycles. The second kappa shape index (κ2) is 10.1. The van der Waals surface area contributed by atoms with Crippen molar-refractivity contribution in [2.75, 3.05) is 45.9 Å². The van der Waals surface area contributed by atoms with Crippen LogP contribution in [0, 0.1) is 0 Å². The van der Waals surface area contributed by atoms with E-state index in [2.05, 4.69) is 20.5 Å². The fraction of sp³-hybridized carbons (Fsp3) is 0.824. The molecule has 25 heavy (non-hydrogen) atoms. The zero-order valence-electron chi connectivity index (χ0n) is 15.4. The predicted molar refractivity (Wildman–Crippen MR) is 96.5 cm³/mol. The van der Waals surface area contributed by atoms with Crippen LogP contribution in [0.1, 0.15) is 39.5 Å². The molecular formula is C17H31N5O3. The number of aliphatic imine (C=N–C) groups is 1. The average molecular weight is 353 g/mol. The lowest BCUT2D eigenvalue weighted by molar-refractivity contribution is -0.121. The highest BCUT2D eigenvalue weighted by Gasteiger charge is 2.24. The number of rotatable bonds is 7. The van der Waals surface area contributed by atoms with Crippen LogP contribution in [0.3, 0.4) is 0 Å². The topological polar surface area (TPSA) is 86.3 Å². The quantitative estimate of drug-likeness (QED) is 0.401. The van der Waals surface area contributed by atoms with Crippen molar-refractivity contribution in [3.8, 4) is 0 Å². The highest BCUT2D eigenvalue weighted by atomic mass is 16.6. The summed E-state index contributed by atoms with van der Waals surface area (Å²) in [4.78, 5) is 32.0. The van der Waals surface area contributed by atoms with Gasteiger partial charge in [0.2, 0.25) is 5.91 Å². The number of hydrogen-bond donors (Lipinski definition) is 2. The zero-order valence-corrected chi connectivity index (χ0v) is 15.4. The van der Waals surface area contributed by atoms with Crippen molar-refractivity contribution in [3.63, 3.8) is 0 Å². The van der Waals surface area contributed by atoms with Gasteiger partial charge in [-0.05, 0) is 33.1 Å². The van der Waals surface area contributed by atoms with Crippen LogP contribution >= 0.6 is 0 Å². The van der Waals surface area contributed by atoms with Crippen molar-refractivity contribution in [2.24, 2.45) is 4.99 Å². The van der Waals surface area contributed by atoms with Gasteiger partial charge in [-0.15, -0.1) is 0 Å². The molecule has 0 spiro atoms. The minimum absolute atomic E-state index is 0.130. The predicted octanol–water partition coefficient (Wildman–Crippen LogP) is 0.785. The number of amides is 2. The SMILES string of the molecule is CCNC(=NCCCC(=O)NC1CC1)N1CCN(C(=O)OCC)CC1. The first kappa shape index (κ1) is 19.3. The monoisotopic (exact) mass is 353 g/mol. The minimum atomic E-state index is -0.245. The molecule has 142 valence electrons. The molecule has 1 saturated carbocycles. The first-order valence-electron chi connectivity index (χ1n) is 9.38. The van der Waals surface area contributed by atoms with E-state index in [1.165, 1.54) is 0 Å². The van der Waals surface area contributed by atoms with Gasteiger partial charge in [-0.1, -0.05) is 0 Å². The van der Waals surface area contributed by atoms with Crippen molar-refractivity contribution >= 4 is 18.0 Å². The van der Waals surface area contributed by atoms with Gasteiger partial charge in [0.15, 0.2) is 5.96 Å². The molecule has 1 aliphatic carbocycles. The fourth-order valence-electron chi connectivity index (χ4n) is 2.69. The summed E-state index contributed by atoms with van der Waals surface area (Å²) >= 11 is 0. The molecule has 0 bridgehead atoms. The molecule has 1 aliphatic heterocycles. The number of carbonyl (C=O) groups excluding carboxylic acids is 2. The average Bonchev–Trinajstić information content (AvgIpc) is 3.42. The Kier molecular flexibility index (Phi) is 7.81. The second-order valence-corrected chi connectivity index (χ2v) is 6.35. The Morgan fingerprint density at radius 1 is 1.12 bits per heavy atom. The van der Waals surface area contributed by atoms with E-state index in [4.69, 9.17) is 4.74 Å². The summed E-state index contributed by atoms with van der Waals surface area (Å²) in [7, 11) is 0. The van der Waals surface area contributed by atoms with Crippen LogP contribution in [0.2, 0.25) is 0 Å². The van der Waals surface area contributed by atoms with Crippen molar-refractivity contribution in [1.82, 2.24) is 20.4 Å². The van der Waals surface area contributed by atoms with Crippen molar-refractivity contribution < 1.29 is 14.3 Å². The van der Waals surface area contributed by atoms with E-state index < -0.39 is 0 Å². The lowest BCUT2D eigenvalue weighted by Gasteiger charge is -2.35. The van der Waals surface area contributed by atoms with Crippen LogP contribution in [0.5, 0.6) is 0 Å². The van der Waals surface area contributed by atoms with E-state index in [0.717, 1.165) is 44.9 Å². The number of ether oxygens (including phenoxy) is 1. The van der Waals surface area contributed by atoms with Crippen LogP contribution in [-0.2, 0) is 9.53 Å². The van der Waals surface area contributed by atoms with E-state index in [1.807, 2.05) is 13.8 Å². The molecule has 2 amide bonds. The number of hydrogen-bond acceptors (Lipinski definition) is 4. The second-order valence-electron chi connectivity index (χ2n) is 6.35. The molecule has 0 aromatic carbocycles. The third kappa shape index (κ3) is 6.80. The molecule has 1 heterocycles. The summed E-state index contributed by atoms with van der Waals surface area (Å²) < 4.78 is 5.04. The molecular weight excluding hydrogens is 322 g/mol.